The number of nitrogens with zero attached hydrogens (tertiary/aromatic N) is 2. The predicted octanol–water partition coefficient (Wildman–Crippen LogP) is 3.39. The summed E-state index contributed by atoms with van der Waals surface area (Å²) in [5.74, 6) is 5.46. The second-order valence-corrected chi connectivity index (χ2v) is 9.07. The number of hydrogen-bond acceptors (Lipinski definition) is 5. The Morgan fingerprint density at radius 3 is 2.54 bits per heavy atom. The molecule has 2 heterocycles. The molecule has 0 spiro atoms. The minimum Gasteiger partial charge on any atom is -0.444 e. The summed E-state index contributed by atoms with van der Waals surface area (Å²) >= 11 is 0. The Morgan fingerprint density at radius 1 is 1.17 bits per heavy atom. The molecule has 1 unspecified atom stereocenters. The van der Waals surface area contributed by atoms with E-state index in [1.54, 1.807) is 13.1 Å². The number of aryl methyl sites for hydroxylation is 1. The van der Waals surface area contributed by atoms with E-state index in [2.05, 4.69) is 22.5 Å². The van der Waals surface area contributed by atoms with Crippen LogP contribution in [0.2, 0.25) is 0 Å². The Morgan fingerprint density at radius 2 is 1.89 bits per heavy atom. The minimum absolute atomic E-state index is 0.204. The summed E-state index contributed by atoms with van der Waals surface area (Å²) < 4.78 is 8.13. The molecule has 1 fully saturated rings. The van der Waals surface area contributed by atoms with Crippen molar-refractivity contribution in [1.82, 2.24) is 19.8 Å². The van der Waals surface area contributed by atoms with Crippen LogP contribution in [0.15, 0.2) is 23.0 Å². The maximum Gasteiger partial charge on any atom is 0.407 e. The highest BCUT2D eigenvalue weighted by atomic mass is 16.6. The van der Waals surface area contributed by atoms with Gasteiger partial charge in [-0.05, 0) is 58.2 Å². The first-order valence-corrected chi connectivity index (χ1v) is 12.1. The van der Waals surface area contributed by atoms with E-state index in [4.69, 9.17) is 4.74 Å². The summed E-state index contributed by atoms with van der Waals surface area (Å²) in [4.78, 5) is 48.1. The second kappa shape index (κ2) is 12.2. The van der Waals surface area contributed by atoms with E-state index in [-0.39, 0.29) is 18.0 Å². The van der Waals surface area contributed by atoms with Crippen LogP contribution in [-0.2, 0) is 21.4 Å². The van der Waals surface area contributed by atoms with Gasteiger partial charge in [-0.15, -0.1) is 0 Å². The molecule has 3 rings (SSSR count). The molecule has 1 aromatic heterocycles. The van der Waals surface area contributed by atoms with Gasteiger partial charge >= 0.3 is 11.8 Å². The number of unbranched alkanes of at least 4 members (excludes halogenated alkanes) is 2. The molecule has 1 aliphatic rings. The molecule has 1 aromatic carbocycles. The fourth-order valence-corrected chi connectivity index (χ4v) is 3.68. The van der Waals surface area contributed by atoms with Crippen LogP contribution in [0.25, 0.3) is 11.0 Å². The number of ether oxygens (including phenoxy) is 1. The number of carbonyl (C=O) groups is 3. The van der Waals surface area contributed by atoms with Gasteiger partial charge in [0.25, 0.3) is 0 Å². The zero-order chi connectivity index (χ0) is 26.2. The van der Waals surface area contributed by atoms with E-state index in [0.29, 0.717) is 30.4 Å². The lowest BCUT2D eigenvalue weighted by molar-refractivity contribution is -0.135. The highest BCUT2D eigenvalue weighted by Crippen LogP contribution is 2.23. The van der Waals surface area contributed by atoms with Crippen LogP contribution in [0.3, 0.4) is 0 Å². The molecule has 2 N–H and O–H groups in total. The molecule has 1 atom stereocenters. The molecule has 2 aromatic rings. The standard InChI is InChI=1S/C24H30N4O5.C2H6/c1-24(2,3)33-22(31)25-14-8-6-5-7-9-16-10-11-17-19(15-16)27(4)23(32)28(17)18-12-13-20(29)26-21(18)30;1-2/h10-11,15,18H,5-6,8,12-14H2,1-4H3,(H,25,31)(H,26,29,30);1-2H3. The van der Waals surface area contributed by atoms with Gasteiger partial charge in [0.15, 0.2) is 0 Å². The van der Waals surface area contributed by atoms with Crippen LogP contribution in [0, 0.1) is 11.8 Å². The van der Waals surface area contributed by atoms with Gasteiger partial charge in [0.05, 0.1) is 11.0 Å². The SMILES string of the molecule is CC.Cn1c(=O)n(C2CCC(=O)NC2=O)c2ccc(C#CCCCCNC(=O)OC(C)(C)C)cc21. The maximum absolute atomic E-state index is 12.8. The number of imidazole rings is 1. The first kappa shape index (κ1) is 27.7. The van der Waals surface area contributed by atoms with Crippen LogP contribution in [-0.4, -0.2) is 39.2 Å². The topological polar surface area (TPSA) is 111 Å². The smallest absolute Gasteiger partial charge is 0.407 e. The first-order chi connectivity index (χ1) is 16.6. The average Bonchev–Trinajstić information content (AvgIpc) is 3.03. The van der Waals surface area contributed by atoms with E-state index in [1.807, 2.05) is 46.8 Å². The molecule has 0 saturated carbocycles. The van der Waals surface area contributed by atoms with Gasteiger partial charge in [-0.1, -0.05) is 25.7 Å². The molecular weight excluding hydrogens is 448 g/mol. The van der Waals surface area contributed by atoms with Crippen LogP contribution < -0.4 is 16.3 Å². The summed E-state index contributed by atoms with van der Waals surface area (Å²) in [6.07, 6.45) is 2.37. The van der Waals surface area contributed by atoms with Crippen LogP contribution in [0.1, 0.15) is 78.3 Å². The first-order valence-electron chi connectivity index (χ1n) is 12.1. The quantitative estimate of drug-likeness (QED) is 0.384. The fraction of sp³-hybridized carbons (Fsp3) is 0.538. The van der Waals surface area contributed by atoms with E-state index >= 15 is 0 Å². The number of imide groups is 1. The number of rotatable bonds is 5. The average molecular weight is 485 g/mol. The van der Waals surface area contributed by atoms with E-state index in [1.165, 1.54) is 9.13 Å². The number of alkyl carbamates (subject to hydrolysis) is 1. The van der Waals surface area contributed by atoms with Crippen molar-refractivity contribution in [2.24, 2.45) is 7.05 Å². The number of aromatic nitrogens is 2. The Hall–Kier alpha value is -3.54. The van der Waals surface area contributed by atoms with Crippen molar-refractivity contribution in [3.63, 3.8) is 0 Å². The molecule has 1 saturated heterocycles. The van der Waals surface area contributed by atoms with E-state index < -0.39 is 23.6 Å². The van der Waals surface area contributed by atoms with Crippen molar-refractivity contribution in [3.8, 4) is 11.8 Å². The number of piperidine rings is 1. The van der Waals surface area contributed by atoms with Crippen molar-refractivity contribution >= 4 is 28.9 Å². The third-order valence-corrected chi connectivity index (χ3v) is 5.24. The Bertz CT molecular complexity index is 1190. The minimum atomic E-state index is -0.704. The second-order valence-electron chi connectivity index (χ2n) is 9.07. The summed E-state index contributed by atoms with van der Waals surface area (Å²) in [5.41, 5.74) is 1.27. The van der Waals surface area contributed by atoms with Crippen molar-refractivity contribution < 1.29 is 19.1 Å². The van der Waals surface area contributed by atoms with E-state index in [9.17, 15) is 19.2 Å². The highest BCUT2D eigenvalue weighted by Gasteiger charge is 2.31. The number of carbonyl (C=O) groups excluding carboxylic acids is 3. The Labute approximate surface area is 206 Å². The molecule has 0 bridgehead atoms. The Kier molecular flexibility index (Phi) is 9.69. The van der Waals surface area contributed by atoms with Gasteiger partial charge in [0.2, 0.25) is 11.8 Å². The van der Waals surface area contributed by atoms with Gasteiger partial charge in [0, 0.05) is 32.0 Å². The molecule has 0 radical (unpaired) electrons. The zero-order valence-corrected chi connectivity index (χ0v) is 21.5. The van der Waals surface area contributed by atoms with E-state index in [0.717, 1.165) is 18.4 Å². The molecule has 1 aliphatic heterocycles. The molecular formula is C26H36N4O5. The van der Waals surface area contributed by atoms with Crippen molar-refractivity contribution in [3.05, 3.63) is 34.2 Å². The van der Waals surface area contributed by atoms with Crippen LogP contribution in [0.5, 0.6) is 0 Å². The highest BCUT2D eigenvalue weighted by molar-refractivity contribution is 6.00. The lowest BCUT2D eigenvalue weighted by atomic mass is 10.1. The van der Waals surface area contributed by atoms with Gasteiger partial charge < -0.3 is 10.1 Å². The maximum atomic E-state index is 12.8. The number of amides is 3. The molecule has 0 aliphatic carbocycles. The van der Waals surface area contributed by atoms with Crippen molar-refractivity contribution in [1.29, 1.82) is 0 Å². The third kappa shape index (κ3) is 7.47. The van der Waals surface area contributed by atoms with Crippen LogP contribution in [0.4, 0.5) is 4.79 Å². The lowest BCUT2D eigenvalue weighted by Gasteiger charge is -2.21. The van der Waals surface area contributed by atoms with Gasteiger partial charge in [-0.25, -0.2) is 9.59 Å². The largest absolute Gasteiger partial charge is 0.444 e. The summed E-state index contributed by atoms with van der Waals surface area (Å²) in [6, 6.07) is 4.73. The normalized spacial score (nSPS) is 15.4. The molecule has 35 heavy (non-hydrogen) atoms. The fourth-order valence-electron chi connectivity index (χ4n) is 3.68. The number of hydrogen-bond donors (Lipinski definition) is 2. The predicted molar refractivity (Wildman–Crippen MR) is 135 cm³/mol. The zero-order valence-electron chi connectivity index (χ0n) is 21.5. The summed E-state index contributed by atoms with van der Waals surface area (Å²) in [7, 11) is 1.65. The number of nitrogens with one attached hydrogen (secondary N) is 2. The molecule has 9 heteroatoms. The molecule has 190 valence electrons. The summed E-state index contributed by atoms with van der Waals surface area (Å²) in [6.45, 7) is 9.99. The summed E-state index contributed by atoms with van der Waals surface area (Å²) in [5, 5.41) is 5.03. The van der Waals surface area contributed by atoms with Crippen LogP contribution >= 0.6 is 0 Å². The number of fused-ring (bicyclic) bond motifs is 1. The van der Waals surface area contributed by atoms with Gasteiger partial charge in [-0.3, -0.25) is 24.0 Å². The molecule has 9 nitrogen and oxygen atoms in total. The monoisotopic (exact) mass is 484 g/mol. The third-order valence-electron chi connectivity index (χ3n) is 5.24. The molecule has 3 amide bonds. The van der Waals surface area contributed by atoms with Gasteiger partial charge in [-0.2, -0.15) is 0 Å². The van der Waals surface area contributed by atoms with Gasteiger partial charge in [0.1, 0.15) is 11.6 Å². The van der Waals surface area contributed by atoms with Crippen molar-refractivity contribution in [2.45, 2.75) is 78.4 Å². The lowest BCUT2D eigenvalue weighted by Crippen LogP contribution is -2.44. The number of benzene rings is 1. The van der Waals surface area contributed by atoms with Crippen molar-refractivity contribution in [2.75, 3.05) is 6.54 Å². The Balaban J connectivity index is 0.00000210.